The van der Waals surface area contributed by atoms with E-state index in [4.69, 9.17) is 0 Å². The topological polar surface area (TPSA) is 29.9 Å². The zero-order valence-electron chi connectivity index (χ0n) is 12.5. The second-order valence-corrected chi connectivity index (χ2v) is 7.35. The van der Waals surface area contributed by atoms with Gasteiger partial charge in [-0.1, -0.05) is 6.92 Å². The van der Waals surface area contributed by atoms with Gasteiger partial charge in [-0.2, -0.15) is 5.10 Å². The Labute approximate surface area is 133 Å². The van der Waals surface area contributed by atoms with E-state index < -0.39 is 0 Å². The first-order chi connectivity index (χ1) is 10.3. The number of aryl methyl sites for hydroxylation is 2. The van der Waals surface area contributed by atoms with Crippen LogP contribution in [0.1, 0.15) is 36.4 Å². The number of nitrogens with zero attached hydrogens (tertiary/aromatic N) is 2. The second kappa shape index (κ2) is 6.73. The molecule has 3 rings (SSSR count). The molecule has 1 N–H and O–H groups in total. The fraction of sp³-hybridized carbons (Fsp3) is 0.438. The zero-order chi connectivity index (χ0) is 14.7. The lowest BCUT2D eigenvalue weighted by molar-refractivity contribution is 0.498. The van der Waals surface area contributed by atoms with E-state index in [-0.39, 0.29) is 0 Å². The van der Waals surface area contributed by atoms with Crippen LogP contribution in [0.4, 0.5) is 0 Å². The smallest absolute Gasteiger partial charge is 0.0492 e. The molecule has 112 valence electrons. The third kappa shape index (κ3) is 3.36. The van der Waals surface area contributed by atoms with Gasteiger partial charge < -0.3 is 5.32 Å². The van der Waals surface area contributed by atoms with Gasteiger partial charge in [0, 0.05) is 39.3 Å². The van der Waals surface area contributed by atoms with Crippen LogP contribution in [0.25, 0.3) is 9.40 Å². The van der Waals surface area contributed by atoms with Gasteiger partial charge in [-0.25, -0.2) is 0 Å². The number of hydrogen-bond donors (Lipinski definition) is 1. The predicted molar refractivity (Wildman–Crippen MR) is 92.3 cm³/mol. The summed E-state index contributed by atoms with van der Waals surface area (Å²) in [6.45, 7) is 3.29. The van der Waals surface area contributed by atoms with Gasteiger partial charge in [0.05, 0.1) is 0 Å². The van der Waals surface area contributed by atoms with E-state index in [1.54, 1.807) is 0 Å². The summed E-state index contributed by atoms with van der Waals surface area (Å²) in [6, 6.07) is 7.15. The van der Waals surface area contributed by atoms with Crippen molar-refractivity contribution in [3.05, 3.63) is 40.3 Å². The average molecular weight is 319 g/mol. The van der Waals surface area contributed by atoms with Gasteiger partial charge in [-0.15, -0.1) is 22.7 Å². The molecule has 1 unspecified atom stereocenters. The highest BCUT2D eigenvalue weighted by Gasteiger charge is 2.15. The molecule has 0 radical (unpaired) electrons. The van der Waals surface area contributed by atoms with E-state index in [2.05, 4.69) is 40.9 Å². The molecule has 0 saturated heterocycles. The van der Waals surface area contributed by atoms with E-state index in [9.17, 15) is 0 Å². The molecular weight excluding hydrogens is 298 g/mol. The van der Waals surface area contributed by atoms with E-state index in [1.165, 1.54) is 26.4 Å². The maximum Gasteiger partial charge on any atom is 0.0492 e. The maximum absolute atomic E-state index is 4.26. The minimum Gasteiger partial charge on any atom is -0.309 e. The van der Waals surface area contributed by atoms with Gasteiger partial charge in [0.1, 0.15) is 0 Å². The largest absolute Gasteiger partial charge is 0.309 e. The highest BCUT2D eigenvalue weighted by atomic mass is 32.1. The summed E-state index contributed by atoms with van der Waals surface area (Å²) >= 11 is 3.77. The Morgan fingerprint density at radius 2 is 2.24 bits per heavy atom. The average Bonchev–Trinajstić information content (AvgIpc) is 3.15. The van der Waals surface area contributed by atoms with Crippen LogP contribution in [-0.4, -0.2) is 16.3 Å². The van der Waals surface area contributed by atoms with Gasteiger partial charge in [0.2, 0.25) is 0 Å². The molecule has 0 amide bonds. The number of fused-ring (bicyclic) bond motifs is 1. The monoisotopic (exact) mass is 319 g/mol. The van der Waals surface area contributed by atoms with E-state index in [0.717, 1.165) is 19.4 Å². The van der Waals surface area contributed by atoms with Gasteiger partial charge in [-0.3, -0.25) is 4.68 Å². The Balaban J connectivity index is 1.73. The van der Waals surface area contributed by atoms with E-state index in [1.807, 2.05) is 40.6 Å². The third-order valence-electron chi connectivity index (χ3n) is 3.75. The molecule has 21 heavy (non-hydrogen) atoms. The van der Waals surface area contributed by atoms with Gasteiger partial charge in [-0.05, 0) is 49.4 Å². The molecule has 3 nitrogen and oxygen atoms in total. The first kappa shape index (κ1) is 14.8. The molecule has 0 saturated carbocycles. The quantitative estimate of drug-likeness (QED) is 0.701. The van der Waals surface area contributed by atoms with Crippen molar-refractivity contribution in [1.82, 2.24) is 15.1 Å². The Kier molecular flexibility index (Phi) is 4.73. The molecule has 3 aromatic rings. The van der Waals surface area contributed by atoms with Crippen LogP contribution >= 0.6 is 22.7 Å². The minimum atomic E-state index is 0.449. The number of nitrogens with one attached hydrogen (secondary N) is 1. The van der Waals surface area contributed by atoms with Crippen molar-refractivity contribution in [3.8, 4) is 0 Å². The summed E-state index contributed by atoms with van der Waals surface area (Å²) in [5.74, 6) is 0. The van der Waals surface area contributed by atoms with Gasteiger partial charge in [0.25, 0.3) is 0 Å². The second-order valence-electron chi connectivity index (χ2n) is 5.29. The van der Waals surface area contributed by atoms with Crippen molar-refractivity contribution in [2.24, 2.45) is 7.05 Å². The molecule has 3 heterocycles. The lowest BCUT2D eigenvalue weighted by Gasteiger charge is -2.17. The van der Waals surface area contributed by atoms with Crippen LogP contribution in [0.2, 0.25) is 0 Å². The molecular formula is C16H21N3S2. The van der Waals surface area contributed by atoms with Crippen LogP contribution < -0.4 is 5.32 Å². The summed E-state index contributed by atoms with van der Waals surface area (Å²) in [6.07, 6.45) is 5.23. The molecule has 0 aliphatic rings. The van der Waals surface area contributed by atoms with Crippen molar-refractivity contribution < 1.29 is 0 Å². The number of aromatic nitrogens is 2. The van der Waals surface area contributed by atoms with Crippen molar-refractivity contribution >= 4 is 32.1 Å². The van der Waals surface area contributed by atoms with Crippen LogP contribution in [0, 0.1) is 0 Å². The number of hydrogen-bond acceptors (Lipinski definition) is 4. The Hall–Kier alpha value is -1.17. The molecule has 5 heteroatoms. The normalized spacial score (nSPS) is 13.0. The SMILES string of the molecule is CCCNC(CCc1ccnn1C)c1cc2sccc2s1. The lowest BCUT2D eigenvalue weighted by Crippen LogP contribution is -2.22. The van der Waals surface area contributed by atoms with Crippen molar-refractivity contribution in [2.45, 2.75) is 32.2 Å². The highest BCUT2D eigenvalue weighted by Crippen LogP contribution is 2.34. The Morgan fingerprint density at radius 3 is 2.95 bits per heavy atom. The van der Waals surface area contributed by atoms with Crippen molar-refractivity contribution in [3.63, 3.8) is 0 Å². The predicted octanol–water partition coefficient (Wildman–Crippen LogP) is 4.37. The maximum atomic E-state index is 4.26. The van der Waals surface area contributed by atoms with Gasteiger partial charge in [0.15, 0.2) is 0 Å². The summed E-state index contributed by atoms with van der Waals surface area (Å²) in [4.78, 5) is 1.47. The number of thiophene rings is 2. The lowest BCUT2D eigenvalue weighted by atomic mass is 10.1. The van der Waals surface area contributed by atoms with Crippen LogP contribution in [0.3, 0.4) is 0 Å². The highest BCUT2D eigenvalue weighted by molar-refractivity contribution is 7.26. The molecule has 0 aromatic carbocycles. The van der Waals surface area contributed by atoms with Crippen LogP contribution in [-0.2, 0) is 13.5 Å². The summed E-state index contributed by atoms with van der Waals surface area (Å²) in [5, 5.41) is 10.1. The molecule has 0 bridgehead atoms. The van der Waals surface area contributed by atoms with Crippen molar-refractivity contribution in [1.29, 1.82) is 0 Å². The Bertz CT molecular complexity index is 667. The van der Waals surface area contributed by atoms with Crippen LogP contribution in [0.5, 0.6) is 0 Å². The summed E-state index contributed by atoms with van der Waals surface area (Å²) < 4.78 is 4.81. The first-order valence-electron chi connectivity index (χ1n) is 7.45. The Morgan fingerprint density at radius 1 is 1.33 bits per heavy atom. The van der Waals surface area contributed by atoms with Crippen molar-refractivity contribution in [2.75, 3.05) is 6.54 Å². The first-order valence-corrected chi connectivity index (χ1v) is 9.14. The zero-order valence-corrected chi connectivity index (χ0v) is 14.1. The van der Waals surface area contributed by atoms with Crippen LogP contribution in [0.15, 0.2) is 29.8 Å². The molecule has 0 aliphatic carbocycles. The molecule has 0 aliphatic heterocycles. The molecule has 0 fully saturated rings. The summed E-state index contributed by atoms with van der Waals surface area (Å²) in [7, 11) is 2.02. The fourth-order valence-corrected chi connectivity index (χ4v) is 4.79. The van der Waals surface area contributed by atoms with Gasteiger partial charge >= 0.3 is 0 Å². The molecule has 1 atom stereocenters. The molecule has 0 spiro atoms. The minimum absolute atomic E-state index is 0.449. The van der Waals surface area contributed by atoms with E-state index in [0.29, 0.717) is 6.04 Å². The fourth-order valence-electron chi connectivity index (χ4n) is 2.56. The third-order valence-corrected chi connectivity index (χ3v) is 5.96. The summed E-state index contributed by atoms with van der Waals surface area (Å²) in [5.41, 5.74) is 1.30. The number of rotatable bonds is 7. The standard InChI is InChI=1S/C16H21N3S2/c1-3-8-17-13(5-4-12-6-9-18-19(12)2)15-11-16-14(21-15)7-10-20-16/h6-7,9-11,13,17H,3-5,8H2,1-2H3. The van der Waals surface area contributed by atoms with E-state index >= 15 is 0 Å². The molecule has 3 aromatic heterocycles.